The van der Waals surface area contributed by atoms with Gasteiger partial charge in [0, 0.05) is 28.4 Å². The fourth-order valence-corrected chi connectivity index (χ4v) is 4.40. The first-order valence-electron chi connectivity index (χ1n) is 5.66. The van der Waals surface area contributed by atoms with Gasteiger partial charge >= 0.3 is 17.1 Å². The largest absolute Gasteiger partial charge is 0.398 e. The van der Waals surface area contributed by atoms with Crippen LogP contribution in [-0.2, 0) is 17.7 Å². The van der Waals surface area contributed by atoms with E-state index >= 15 is 0 Å². The molecule has 0 atom stereocenters. The Morgan fingerprint density at radius 3 is 1.06 bits per heavy atom. The molecule has 0 heterocycles. The summed E-state index contributed by atoms with van der Waals surface area (Å²) in [5, 5.41) is 0. The van der Waals surface area contributed by atoms with Crippen LogP contribution in [-0.4, -0.2) is 45.6 Å². The predicted molar refractivity (Wildman–Crippen MR) is 70.1 cm³/mol. The van der Waals surface area contributed by atoms with Crippen LogP contribution in [0.25, 0.3) is 0 Å². The zero-order valence-corrected chi connectivity index (χ0v) is 13.5. The van der Waals surface area contributed by atoms with E-state index in [9.17, 15) is 0 Å². The second-order valence-corrected chi connectivity index (χ2v) is 11.5. The third-order valence-electron chi connectivity index (χ3n) is 3.24. The van der Waals surface area contributed by atoms with Crippen LogP contribution in [0, 0.1) is 0 Å². The summed E-state index contributed by atoms with van der Waals surface area (Å²) in [5.74, 6) is 0. The van der Waals surface area contributed by atoms with E-state index in [0.717, 1.165) is 24.9 Å². The number of unbranched alkanes of at least 4 members (excludes halogenated alkanes) is 1. The van der Waals surface area contributed by atoms with Crippen LogP contribution >= 0.6 is 0 Å². The Bertz CT molecular complexity index is 162. The average molecular weight is 266 g/mol. The molecule has 0 aliphatic heterocycles. The lowest BCUT2D eigenvalue weighted by molar-refractivity contribution is 0.243. The van der Waals surface area contributed by atoms with Crippen molar-refractivity contribution in [3.63, 3.8) is 0 Å². The van der Waals surface area contributed by atoms with Gasteiger partial charge in [0.1, 0.15) is 0 Å². The number of hydrogen-bond donors (Lipinski definition) is 0. The molecule has 0 spiro atoms. The summed E-state index contributed by atoms with van der Waals surface area (Å²) in [6.45, 7) is 4.19. The number of hydrogen-bond acceptors (Lipinski definition) is 4. The van der Waals surface area contributed by atoms with E-state index in [0.29, 0.717) is 0 Å². The Morgan fingerprint density at radius 2 is 0.875 bits per heavy atom. The standard InChI is InChI=1S/C10H26O4Si2/c1-11-15(5,12-2)9-7-8-10-16(6,13-3)14-4/h7-10H2,1-6H3. The van der Waals surface area contributed by atoms with E-state index in [1.807, 2.05) is 0 Å². The van der Waals surface area contributed by atoms with Crippen LogP contribution in [0.5, 0.6) is 0 Å². The molecule has 0 aliphatic carbocycles. The molecule has 0 aromatic heterocycles. The van der Waals surface area contributed by atoms with E-state index < -0.39 is 17.1 Å². The average Bonchev–Trinajstić information content (AvgIpc) is 2.34. The van der Waals surface area contributed by atoms with Gasteiger partial charge in [-0.25, -0.2) is 0 Å². The molecule has 98 valence electrons. The zero-order chi connectivity index (χ0) is 12.7. The van der Waals surface area contributed by atoms with Crippen molar-refractivity contribution >= 4 is 17.1 Å². The molecule has 0 N–H and O–H groups in total. The predicted octanol–water partition coefficient (Wildman–Crippen LogP) is 2.50. The first-order valence-corrected chi connectivity index (χ1v) is 10.7. The highest BCUT2D eigenvalue weighted by Gasteiger charge is 2.30. The molecule has 0 saturated carbocycles. The maximum absolute atomic E-state index is 5.44. The summed E-state index contributed by atoms with van der Waals surface area (Å²) >= 11 is 0. The fraction of sp³-hybridized carbons (Fsp3) is 1.00. The molecule has 0 bridgehead atoms. The second kappa shape index (κ2) is 7.57. The van der Waals surface area contributed by atoms with Gasteiger partial charge in [-0.2, -0.15) is 0 Å². The molecule has 6 heteroatoms. The molecule has 0 saturated heterocycles. The van der Waals surface area contributed by atoms with Gasteiger partial charge in [-0.1, -0.05) is 12.8 Å². The van der Waals surface area contributed by atoms with Gasteiger partial charge in [0.05, 0.1) is 0 Å². The third kappa shape index (κ3) is 5.56. The summed E-state index contributed by atoms with van der Waals surface area (Å²) in [6.07, 6.45) is 2.22. The zero-order valence-electron chi connectivity index (χ0n) is 11.5. The Balaban J connectivity index is 3.83. The summed E-state index contributed by atoms with van der Waals surface area (Å²) in [4.78, 5) is 0. The molecule has 0 unspecified atom stereocenters. The van der Waals surface area contributed by atoms with Crippen molar-refractivity contribution in [1.82, 2.24) is 0 Å². The first kappa shape index (κ1) is 16.3. The van der Waals surface area contributed by atoms with Crippen molar-refractivity contribution in [3.05, 3.63) is 0 Å². The van der Waals surface area contributed by atoms with E-state index in [-0.39, 0.29) is 0 Å². The first-order chi connectivity index (χ1) is 7.45. The molecular formula is C10H26O4Si2. The van der Waals surface area contributed by atoms with E-state index in [2.05, 4.69) is 13.1 Å². The van der Waals surface area contributed by atoms with Gasteiger partial charge in [-0.15, -0.1) is 0 Å². The quantitative estimate of drug-likeness (QED) is 0.475. The highest BCUT2D eigenvalue weighted by Crippen LogP contribution is 2.20. The Morgan fingerprint density at radius 1 is 0.625 bits per heavy atom. The Labute approximate surface area is 102 Å². The monoisotopic (exact) mass is 266 g/mol. The molecule has 4 nitrogen and oxygen atoms in total. The molecule has 0 aliphatic rings. The molecule has 0 amide bonds. The minimum Gasteiger partial charge on any atom is -0.398 e. The number of rotatable bonds is 9. The maximum atomic E-state index is 5.44. The summed E-state index contributed by atoms with van der Waals surface area (Å²) < 4.78 is 21.7. The van der Waals surface area contributed by atoms with Gasteiger partial charge in [0.15, 0.2) is 0 Å². The van der Waals surface area contributed by atoms with Crippen molar-refractivity contribution in [1.29, 1.82) is 0 Å². The molecule has 0 aromatic carbocycles. The van der Waals surface area contributed by atoms with Gasteiger partial charge in [0.2, 0.25) is 0 Å². The molecule has 16 heavy (non-hydrogen) atoms. The second-order valence-electron chi connectivity index (χ2n) is 4.29. The molecule has 0 radical (unpaired) electrons. The Kier molecular flexibility index (Phi) is 7.70. The molecule has 0 fully saturated rings. The van der Waals surface area contributed by atoms with Gasteiger partial charge in [-0.05, 0) is 25.2 Å². The van der Waals surface area contributed by atoms with Crippen molar-refractivity contribution in [2.24, 2.45) is 0 Å². The highest BCUT2D eigenvalue weighted by molar-refractivity contribution is 6.66. The van der Waals surface area contributed by atoms with Crippen LogP contribution in [0.2, 0.25) is 25.2 Å². The van der Waals surface area contributed by atoms with Crippen molar-refractivity contribution in [2.75, 3.05) is 28.4 Å². The maximum Gasteiger partial charge on any atom is 0.334 e. The molecule has 0 rings (SSSR count). The van der Waals surface area contributed by atoms with Crippen molar-refractivity contribution in [2.45, 2.75) is 38.0 Å². The van der Waals surface area contributed by atoms with Crippen LogP contribution in [0.1, 0.15) is 12.8 Å². The summed E-state index contributed by atoms with van der Waals surface area (Å²) in [5.41, 5.74) is 0. The molecular weight excluding hydrogens is 240 g/mol. The van der Waals surface area contributed by atoms with Crippen LogP contribution in [0.3, 0.4) is 0 Å². The minimum absolute atomic E-state index is 1.03. The van der Waals surface area contributed by atoms with Crippen LogP contribution < -0.4 is 0 Å². The van der Waals surface area contributed by atoms with E-state index in [1.54, 1.807) is 28.4 Å². The van der Waals surface area contributed by atoms with Crippen molar-refractivity contribution in [3.8, 4) is 0 Å². The third-order valence-corrected chi connectivity index (χ3v) is 9.22. The lowest BCUT2D eigenvalue weighted by Crippen LogP contribution is -2.37. The van der Waals surface area contributed by atoms with E-state index in [4.69, 9.17) is 17.7 Å². The fourth-order valence-electron chi connectivity index (χ4n) is 1.47. The van der Waals surface area contributed by atoms with Gasteiger partial charge in [0.25, 0.3) is 0 Å². The Hall–Kier alpha value is 0.274. The smallest absolute Gasteiger partial charge is 0.334 e. The summed E-state index contributed by atoms with van der Waals surface area (Å²) in [7, 11) is 3.18. The minimum atomic E-state index is -1.88. The van der Waals surface area contributed by atoms with Crippen LogP contribution in [0.4, 0.5) is 0 Å². The topological polar surface area (TPSA) is 36.9 Å². The lowest BCUT2D eigenvalue weighted by atomic mass is 10.4. The van der Waals surface area contributed by atoms with Gasteiger partial charge < -0.3 is 17.7 Å². The van der Waals surface area contributed by atoms with Crippen LogP contribution in [0.15, 0.2) is 0 Å². The summed E-state index contributed by atoms with van der Waals surface area (Å²) in [6, 6.07) is 2.05. The lowest BCUT2D eigenvalue weighted by Gasteiger charge is -2.25. The molecule has 0 aromatic rings. The van der Waals surface area contributed by atoms with Crippen molar-refractivity contribution < 1.29 is 17.7 Å². The highest BCUT2D eigenvalue weighted by atomic mass is 28.4. The van der Waals surface area contributed by atoms with Gasteiger partial charge in [-0.3, -0.25) is 0 Å². The normalized spacial score (nSPS) is 13.1. The van der Waals surface area contributed by atoms with E-state index in [1.165, 1.54) is 0 Å². The SMILES string of the molecule is CO[Si](C)(CCCC[Si](C)(OC)OC)OC.